The molecule has 0 amide bonds. The minimum Gasteiger partial charge on any atom is -0.398 e. The maximum absolute atomic E-state index is 13.4. The van der Waals surface area contributed by atoms with Crippen molar-refractivity contribution in [3.8, 4) is 0 Å². The zero-order valence-electron chi connectivity index (χ0n) is 19.9. The lowest BCUT2D eigenvalue weighted by molar-refractivity contribution is -0.937. The second-order valence-electron chi connectivity index (χ2n) is 9.00. The molecule has 0 fully saturated rings. The summed E-state index contributed by atoms with van der Waals surface area (Å²) in [6, 6.07) is 19.1. The van der Waals surface area contributed by atoms with Gasteiger partial charge in [0.05, 0.1) is 36.3 Å². The zero-order valence-corrected chi connectivity index (χ0v) is 19.9. The van der Waals surface area contributed by atoms with Crippen LogP contribution in [0.2, 0.25) is 0 Å². The van der Waals surface area contributed by atoms with Gasteiger partial charge in [-0.2, -0.15) is 0 Å². The number of nitrogens with one attached hydrogen (secondary N) is 1. The SMILES string of the molecule is CC[N+](CC)(CCCNc1cccc2c1C(=O)c1c(N)ccc(N)c1C2=O)Cc1ccccc1. The number of nitrogens with zero attached hydrogens (tertiary/aromatic N) is 1. The number of hydrogen-bond acceptors (Lipinski definition) is 5. The standard InChI is InChI=1S/C28H32N4O2/c1-3-32(4-2,18-19-10-6-5-7-11-19)17-9-16-31-23-13-8-12-20-24(23)28(34)26-22(30)15-14-21(29)25(26)27(20)33/h5-8,10-15H,3-4,9,16-18H2,1-2H3,(H4-,29,30,31,33,34)/p+1. The maximum Gasteiger partial charge on any atom is 0.198 e. The molecule has 1 aliphatic rings. The Morgan fingerprint density at radius 2 is 1.41 bits per heavy atom. The van der Waals surface area contributed by atoms with Crippen molar-refractivity contribution in [2.75, 3.05) is 43.0 Å². The average molecular weight is 458 g/mol. The van der Waals surface area contributed by atoms with Crippen molar-refractivity contribution in [1.82, 2.24) is 0 Å². The van der Waals surface area contributed by atoms with Crippen molar-refractivity contribution in [2.45, 2.75) is 26.8 Å². The lowest BCUT2D eigenvalue weighted by Gasteiger charge is -2.37. The third-order valence-corrected chi connectivity index (χ3v) is 7.09. The molecule has 0 radical (unpaired) electrons. The van der Waals surface area contributed by atoms with Crippen molar-refractivity contribution >= 4 is 28.6 Å². The quantitative estimate of drug-likeness (QED) is 0.195. The van der Waals surface area contributed by atoms with Crippen molar-refractivity contribution in [1.29, 1.82) is 0 Å². The molecule has 1 aliphatic carbocycles. The second kappa shape index (κ2) is 9.69. The van der Waals surface area contributed by atoms with Gasteiger partial charge in [-0.3, -0.25) is 9.59 Å². The topological polar surface area (TPSA) is 98.2 Å². The Kier molecular flexibility index (Phi) is 6.70. The lowest BCUT2D eigenvalue weighted by Crippen LogP contribution is -2.48. The van der Waals surface area contributed by atoms with Gasteiger partial charge in [0.25, 0.3) is 0 Å². The Morgan fingerprint density at radius 3 is 2.06 bits per heavy atom. The van der Waals surface area contributed by atoms with Gasteiger partial charge in [-0.1, -0.05) is 42.5 Å². The van der Waals surface area contributed by atoms with E-state index in [0.717, 1.165) is 37.1 Å². The van der Waals surface area contributed by atoms with Crippen LogP contribution in [0.5, 0.6) is 0 Å². The van der Waals surface area contributed by atoms with E-state index in [1.54, 1.807) is 24.3 Å². The highest BCUT2D eigenvalue weighted by Crippen LogP contribution is 2.37. The number of nitrogen functional groups attached to an aromatic ring is 2. The normalized spacial score (nSPS) is 12.9. The molecule has 0 saturated heterocycles. The first-order valence-corrected chi connectivity index (χ1v) is 11.9. The summed E-state index contributed by atoms with van der Waals surface area (Å²) in [4.78, 5) is 26.6. The van der Waals surface area contributed by atoms with E-state index in [0.29, 0.717) is 23.4 Å². The monoisotopic (exact) mass is 457 g/mol. The fourth-order valence-electron chi connectivity index (χ4n) is 4.97. The van der Waals surface area contributed by atoms with E-state index in [1.807, 2.05) is 12.1 Å². The Bertz CT molecular complexity index is 1220. The Labute approximate surface area is 201 Å². The molecule has 176 valence electrons. The van der Waals surface area contributed by atoms with Gasteiger partial charge in [-0.05, 0) is 32.0 Å². The molecule has 0 bridgehead atoms. The number of rotatable bonds is 9. The highest BCUT2D eigenvalue weighted by atomic mass is 16.1. The van der Waals surface area contributed by atoms with Crippen LogP contribution in [0.15, 0.2) is 60.7 Å². The Morgan fingerprint density at radius 1 is 0.765 bits per heavy atom. The molecular weight excluding hydrogens is 424 g/mol. The van der Waals surface area contributed by atoms with E-state index >= 15 is 0 Å². The van der Waals surface area contributed by atoms with Gasteiger partial charge in [0.2, 0.25) is 0 Å². The van der Waals surface area contributed by atoms with Crippen LogP contribution in [0.3, 0.4) is 0 Å². The van der Waals surface area contributed by atoms with Gasteiger partial charge in [0, 0.05) is 41.2 Å². The first-order chi connectivity index (χ1) is 16.4. The summed E-state index contributed by atoms with van der Waals surface area (Å²) in [7, 11) is 0. The molecule has 0 unspecified atom stereocenters. The van der Waals surface area contributed by atoms with Crippen molar-refractivity contribution in [2.24, 2.45) is 0 Å². The Balaban J connectivity index is 1.51. The molecule has 5 N–H and O–H groups in total. The van der Waals surface area contributed by atoms with Gasteiger partial charge in [-0.25, -0.2) is 0 Å². The van der Waals surface area contributed by atoms with Crippen LogP contribution >= 0.6 is 0 Å². The van der Waals surface area contributed by atoms with Crippen molar-refractivity contribution < 1.29 is 14.1 Å². The molecule has 0 aromatic heterocycles. The molecule has 6 nitrogen and oxygen atoms in total. The second-order valence-corrected chi connectivity index (χ2v) is 9.00. The molecule has 0 atom stereocenters. The van der Waals surface area contributed by atoms with Gasteiger partial charge in [-0.15, -0.1) is 0 Å². The van der Waals surface area contributed by atoms with Crippen molar-refractivity contribution in [3.05, 3.63) is 88.5 Å². The first-order valence-electron chi connectivity index (χ1n) is 11.9. The summed E-state index contributed by atoms with van der Waals surface area (Å²) in [6.45, 7) is 9.30. The summed E-state index contributed by atoms with van der Waals surface area (Å²) in [5.74, 6) is -0.512. The number of ketones is 2. The van der Waals surface area contributed by atoms with E-state index in [1.165, 1.54) is 5.56 Å². The minimum atomic E-state index is -0.256. The number of benzene rings is 3. The van der Waals surface area contributed by atoms with E-state index in [4.69, 9.17) is 11.5 Å². The van der Waals surface area contributed by atoms with Crippen LogP contribution in [-0.4, -0.2) is 42.2 Å². The average Bonchev–Trinajstić information content (AvgIpc) is 2.86. The van der Waals surface area contributed by atoms with Gasteiger partial charge in [0.1, 0.15) is 6.54 Å². The molecule has 3 aromatic carbocycles. The van der Waals surface area contributed by atoms with E-state index < -0.39 is 0 Å². The highest BCUT2D eigenvalue weighted by molar-refractivity contribution is 6.33. The van der Waals surface area contributed by atoms with Crippen LogP contribution in [-0.2, 0) is 6.54 Å². The molecule has 3 aromatic rings. The molecule has 34 heavy (non-hydrogen) atoms. The minimum absolute atomic E-state index is 0.210. The molecule has 6 heteroatoms. The molecular formula is C28H33N4O2+. The maximum atomic E-state index is 13.4. The summed E-state index contributed by atoms with van der Waals surface area (Å²) in [5.41, 5.74) is 15.8. The predicted octanol–water partition coefficient (Wildman–Crippen LogP) is 4.49. The Hall–Kier alpha value is -3.64. The van der Waals surface area contributed by atoms with Crippen LogP contribution in [0.1, 0.15) is 57.7 Å². The molecule has 0 saturated carbocycles. The summed E-state index contributed by atoms with van der Waals surface area (Å²) < 4.78 is 0.999. The number of hydrogen-bond donors (Lipinski definition) is 3. The van der Waals surface area contributed by atoms with Gasteiger partial charge < -0.3 is 21.3 Å². The molecule has 4 rings (SSSR count). The first kappa shape index (κ1) is 23.5. The number of nitrogens with two attached hydrogens (primary N) is 2. The number of carbonyl (C=O) groups excluding carboxylic acids is 2. The molecule has 0 spiro atoms. The van der Waals surface area contributed by atoms with E-state index in [9.17, 15) is 9.59 Å². The van der Waals surface area contributed by atoms with E-state index in [2.05, 4.69) is 43.4 Å². The smallest absolute Gasteiger partial charge is 0.198 e. The largest absolute Gasteiger partial charge is 0.398 e. The third kappa shape index (κ3) is 4.29. The number of carbonyl (C=O) groups is 2. The summed E-state index contributed by atoms with van der Waals surface area (Å²) >= 11 is 0. The highest BCUT2D eigenvalue weighted by Gasteiger charge is 2.34. The lowest BCUT2D eigenvalue weighted by atomic mass is 9.81. The fraction of sp³-hybridized carbons (Fsp3) is 0.286. The number of quaternary nitrogens is 1. The number of anilines is 3. The van der Waals surface area contributed by atoms with Crippen molar-refractivity contribution in [3.63, 3.8) is 0 Å². The molecule has 0 heterocycles. The zero-order chi connectivity index (χ0) is 24.3. The van der Waals surface area contributed by atoms with Crippen LogP contribution < -0.4 is 16.8 Å². The molecule has 0 aliphatic heterocycles. The number of fused-ring (bicyclic) bond motifs is 2. The van der Waals surface area contributed by atoms with Crippen LogP contribution in [0.4, 0.5) is 17.1 Å². The predicted molar refractivity (Wildman–Crippen MR) is 138 cm³/mol. The van der Waals surface area contributed by atoms with Crippen LogP contribution in [0.25, 0.3) is 0 Å². The summed E-state index contributed by atoms with van der Waals surface area (Å²) in [5, 5.41) is 3.42. The van der Waals surface area contributed by atoms with Gasteiger partial charge >= 0.3 is 0 Å². The van der Waals surface area contributed by atoms with Crippen LogP contribution in [0, 0.1) is 0 Å². The van der Waals surface area contributed by atoms with Gasteiger partial charge in [0.15, 0.2) is 11.6 Å². The van der Waals surface area contributed by atoms with E-state index in [-0.39, 0.29) is 34.1 Å². The third-order valence-electron chi connectivity index (χ3n) is 7.09. The fourth-order valence-corrected chi connectivity index (χ4v) is 4.97. The summed E-state index contributed by atoms with van der Waals surface area (Å²) in [6.07, 6.45) is 0.937.